The zero-order chi connectivity index (χ0) is 65.6. The maximum Gasteiger partial charge on any atom is 0.234 e. The van der Waals surface area contributed by atoms with Crippen LogP contribution < -0.4 is 21.3 Å². The van der Waals surface area contributed by atoms with Gasteiger partial charge in [0, 0.05) is 58.3 Å². The fourth-order valence-corrected chi connectivity index (χ4v) is 10.4. The molecule has 18 N–H and O–H groups in total. The van der Waals surface area contributed by atoms with Gasteiger partial charge in [0.05, 0.1) is 59.3 Å². The van der Waals surface area contributed by atoms with E-state index in [-0.39, 0.29) is 107 Å². The normalized spacial score (nSPS) is 32.3. The molecule has 0 bridgehead atoms. The minimum atomic E-state index is -1.85. The van der Waals surface area contributed by atoms with Gasteiger partial charge in [0.15, 0.2) is 25.2 Å². The van der Waals surface area contributed by atoms with Crippen LogP contribution in [-0.2, 0) is 66.7 Å². The molecule has 4 saturated heterocycles. The van der Waals surface area contributed by atoms with Crippen molar-refractivity contribution in [1.82, 2.24) is 26.2 Å². The predicted octanol–water partition coefficient (Wildman–Crippen LogP) is -7.57. The minimum absolute atomic E-state index is 0.0310. The number of carbonyl (C=O) groups excluding carboxylic acids is 6. The lowest BCUT2D eigenvalue weighted by Crippen LogP contribution is -2.64. The molecule has 20 atom stereocenters. The van der Waals surface area contributed by atoms with Gasteiger partial charge in [-0.1, -0.05) is 32.1 Å². The van der Waals surface area contributed by atoms with Gasteiger partial charge in [0.1, 0.15) is 109 Å². The van der Waals surface area contributed by atoms with Gasteiger partial charge in [0.2, 0.25) is 23.6 Å². The van der Waals surface area contributed by atoms with Gasteiger partial charge >= 0.3 is 0 Å². The smallest absolute Gasteiger partial charge is 0.234 e. The summed E-state index contributed by atoms with van der Waals surface area (Å²) in [6.07, 6.45) is -24.9. The summed E-state index contributed by atoms with van der Waals surface area (Å²) in [5.41, 5.74) is 0. The molecule has 33 heteroatoms. The fraction of sp³-hybridized carbons (Fsp3) is 0.893. The Bertz CT molecular complexity index is 1960. The van der Waals surface area contributed by atoms with Crippen molar-refractivity contribution in [3.63, 3.8) is 0 Å². The number of hydrogen-bond acceptors (Lipinski definition) is 29. The zero-order valence-electron chi connectivity index (χ0n) is 50.5. The number of aliphatic hydroxyl groups is 14. The van der Waals surface area contributed by atoms with Crippen LogP contribution in [0, 0.1) is 0 Å². The van der Waals surface area contributed by atoms with E-state index in [0.717, 1.165) is 12.8 Å². The first kappa shape index (κ1) is 77.7. The molecule has 0 radical (unpaired) electrons. The molecular formula is C56H99N5O28. The van der Waals surface area contributed by atoms with Crippen LogP contribution in [0.4, 0.5) is 0 Å². The van der Waals surface area contributed by atoms with Gasteiger partial charge in [-0.15, -0.1) is 0 Å². The first-order chi connectivity index (χ1) is 42.6. The average molecular weight is 1290 g/mol. The van der Waals surface area contributed by atoms with Gasteiger partial charge in [-0.2, -0.15) is 0 Å². The molecular weight excluding hydrogens is 1190 g/mol. The van der Waals surface area contributed by atoms with Crippen molar-refractivity contribution in [1.29, 1.82) is 0 Å². The number of ketones is 2. The van der Waals surface area contributed by atoms with Crippen LogP contribution in [0.5, 0.6) is 0 Å². The van der Waals surface area contributed by atoms with E-state index in [9.17, 15) is 100 Å². The Morgan fingerprint density at radius 1 is 0.360 bits per heavy atom. The highest BCUT2D eigenvalue weighted by atomic mass is 16.8. The second kappa shape index (κ2) is 41.8. The van der Waals surface area contributed by atoms with Crippen LogP contribution in [-0.4, -0.2) is 320 Å². The number of nitrogens with one attached hydrogen (secondary N) is 4. The first-order valence-corrected chi connectivity index (χ1v) is 30.8. The number of ether oxygens (including phenoxy) is 8. The monoisotopic (exact) mass is 1290 g/mol. The molecule has 0 aromatic carbocycles. The molecule has 4 rings (SSSR count). The van der Waals surface area contributed by atoms with Crippen molar-refractivity contribution >= 4 is 35.2 Å². The lowest BCUT2D eigenvalue weighted by Gasteiger charge is -2.45. The maximum absolute atomic E-state index is 13.2. The molecule has 0 unspecified atom stereocenters. The zero-order valence-corrected chi connectivity index (χ0v) is 50.5. The van der Waals surface area contributed by atoms with Crippen LogP contribution in [0.15, 0.2) is 0 Å². The summed E-state index contributed by atoms with van der Waals surface area (Å²) < 4.78 is 44.5. The summed E-state index contributed by atoms with van der Waals surface area (Å²) in [7, 11) is 0. The number of aliphatic hydroxyl groups excluding tert-OH is 14. The van der Waals surface area contributed by atoms with Crippen molar-refractivity contribution in [3.8, 4) is 0 Å². The first-order valence-electron chi connectivity index (χ1n) is 30.8. The summed E-state index contributed by atoms with van der Waals surface area (Å²) in [5, 5.41) is 153. The molecule has 0 aromatic rings. The molecule has 4 amide bonds. The lowest BCUT2D eigenvalue weighted by atomic mass is 9.97. The van der Waals surface area contributed by atoms with E-state index in [1.807, 2.05) is 6.92 Å². The van der Waals surface area contributed by atoms with E-state index in [0.29, 0.717) is 70.8 Å². The van der Waals surface area contributed by atoms with Crippen LogP contribution in [0.3, 0.4) is 0 Å². The Kier molecular flexibility index (Phi) is 36.5. The quantitative estimate of drug-likeness (QED) is 0.0252. The molecule has 516 valence electrons. The van der Waals surface area contributed by atoms with Gasteiger partial charge in [-0.25, -0.2) is 0 Å². The molecule has 0 aliphatic carbocycles. The summed E-state index contributed by atoms with van der Waals surface area (Å²) >= 11 is 0. The Labute approximate surface area is 516 Å². The van der Waals surface area contributed by atoms with Crippen molar-refractivity contribution < 1.29 is 138 Å². The standard InChI is InChI=1S/C56H99N5O28/c1-2-57-37(68)16-10-5-3-8-14-31(66)24-61(25-32(67)15-9-4-6-11-17-38(69)59-20-22-82-55-51(47(78)43(74)35(29-64)86-55)88-53-49(80)45(76)41(72)33(27-62)84-53)26-40(71)58-19-13-7-12-18-39(70)60-21-23-83-56-52(48(79)44(75)36(30-65)87-56)89-54-50(81)46(77)42(73)34(28-63)85-54/h33-36,41-56,62-65,72-81H,2-30H2,1H3,(H,57,68)(H,58,71)(H,59,69)(H,60,70)/t33-,34-,35-,36-,41-,42-,43-,44-,45+,46+,47+,48+,49+,50+,51+,52+,53-,54-,55+,56+/m1/s1. The van der Waals surface area contributed by atoms with E-state index < -0.39 is 155 Å². The van der Waals surface area contributed by atoms with E-state index in [1.54, 1.807) is 0 Å². The average Bonchev–Trinajstić information content (AvgIpc) is 1.22. The molecule has 4 heterocycles. The van der Waals surface area contributed by atoms with Gasteiger partial charge in [-0.05, 0) is 45.4 Å². The molecule has 89 heavy (non-hydrogen) atoms. The van der Waals surface area contributed by atoms with Crippen LogP contribution in [0.1, 0.15) is 110 Å². The van der Waals surface area contributed by atoms with Crippen LogP contribution >= 0.6 is 0 Å². The van der Waals surface area contributed by atoms with E-state index in [1.165, 1.54) is 4.90 Å². The number of unbranched alkanes of at least 4 members (excludes halogenated alkanes) is 8. The highest BCUT2D eigenvalue weighted by Crippen LogP contribution is 2.32. The second-order valence-corrected chi connectivity index (χ2v) is 22.6. The third kappa shape index (κ3) is 26.0. The summed E-state index contributed by atoms with van der Waals surface area (Å²) in [6, 6.07) is 0. The molecule has 0 spiro atoms. The van der Waals surface area contributed by atoms with Crippen molar-refractivity contribution in [3.05, 3.63) is 0 Å². The van der Waals surface area contributed by atoms with Crippen molar-refractivity contribution in [2.45, 2.75) is 232 Å². The molecule has 0 aromatic heterocycles. The number of nitrogens with zero attached hydrogens (tertiary/aromatic N) is 1. The van der Waals surface area contributed by atoms with Crippen LogP contribution in [0.2, 0.25) is 0 Å². The fourth-order valence-electron chi connectivity index (χ4n) is 10.4. The maximum atomic E-state index is 13.2. The third-order valence-electron chi connectivity index (χ3n) is 15.5. The van der Waals surface area contributed by atoms with Crippen molar-refractivity contribution in [2.75, 3.05) is 85.5 Å². The Balaban J connectivity index is 1.14. The third-order valence-corrected chi connectivity index (χ3v) is 15.5. The van der Waals surface area contributed by atoms with E-state index >= 15 is 0 Å². The predicted molar refractivity (Wildman–Crippen MR) is 303 cm³/mol. The number of rotatable bonds is 43. The number of amides is 4. The van der Waals surface area contributed by atoms with E-state index in [2.05, 4.69) is 21.3 Å². The molecule has 4 aliphatic heterocycles. The lowest BCUT2D eigenvalue weighted by molar-refractivity contribution is -0.367. The van der Waals surface area contributed by atoms with Gasteiger partial charge in [0.25, 0.3) is 0 Å². The molecule has 4 fully saturated rings. The topological polar surface area (TPSA) is 511 Å². The molecule has 33 nitrogen and oxygen atoms in total. The summed E-state index contributed by atoms with van der Waals surface area (Å²) in [5.74, 6) is -1.43. The molecule has 4 aliphatic rings. The van der Waals surface area contributed by atoms with Gasteiger partial charge < -0.3 is 131 Å². The van der Waals surface area contributed by atoms with Gasteiger partial charge in [-0.3, -0.25) is 33.7 Å². The number of hydrogen-bond donors (Lipinski definition) is 18. The highest BCUT2D eigenvalue weighted by Gasteiger charge is 2.53. The molecule has 0 saturated carbocycles. The summed E-state index contributed by atoms with van der Waals surface area (Å²) in [6.45, 7) is -1.32. The second-order valence-electron chi connectivity index (χ2n) is 22.6. The Morgan fingerprint density at radius 3 is 1.06 bits per heavy atom. The Hall–Kier alpha value is -3.70. The van der Waals surface area contributed by atoms with E-state index in [4.69, 9.17) is 37.9 Å². The van der Waals surface area contributed by atoms with Crippen molar-refractivity contribution in [2.24, 2.45) is 0 Å². The van der Waals surface area contributed by atoms with Crippen LogP contribution in [0.25, 0.3) is 0 Å². The number of Topliss-reactive ketones (excluding diaryl/α,β-unsaturated/α-hetero) is 2. The summed E-state index contributed by atoms with van der Waals surface area (Å²) in [4.78, 5) is 78.0. The SMILES string of the molecule is CCNC(=O)CCCCCCC(=O)CN(CC(=O)CCCCCCC(=O)NCCO[C@H]1O[C@H](CO)[C@@H](O)[C@H](O)[C@@H]1O[C@H]1O[C@H](CO)[C@@H](O)[C@H](O)[C@@H]1O)CC(=O)NCCCCCC(=O)NCCO[C@H]1O[C@H](CO)[C@@H](O)[C@H](O)[C@@H]1O[C@H]1O[C@H](CO)[C@@H](O)[C@H](O)[C@@H]1O. The largest absolute Gasteiger partial charge is 0.394 e. The highest BCUT2D eigenvalue weighted by molar-refractivity contribution is 5.85. The Morgan fingerprint density at radius 2 is 0.685 bits per heavy atom. The number of carbonyl (C=O) groups is 6. The minimum Gasteiger partial charge on any atom is -0.394 e.